The summed E-state index contributed by atoms with van der Waals surface area (Å²) in [5, 5.41) is 2.82. The Hall–Kier alpha value is -2.24. The molecule has 23 heavy (non-hydrogen) atoms. The second-order valence-electron chi connectivity index (χ2n) is 6.45. The van der Waals surface area contributed by atoms with Crippen molar-refractivity contribution in [2.24, 2.45) is 10.7 Å². The van der Waals surface area contributed by atoms with Crippen LogP contribution in [0.4, 0.5) is 10.5 Å². The Morgan fingerprint density at radius 2 is 2.09 bits per heavy atom. The molecule has 1 aromatic carbocycles. The van der Waals surface area contributed by atoms with Crippen molar-refractivity contribution < 1.29 is 9.53 Å². The number of carbonyl (C=O) groups excluding carboxylic acids is 1. The topological polar surface area (TPSA) is 80.0 Å². The van der Waals surface area contributed by atoms with Gasteiger partial charge in [-0.25, -0.2) is 9.79 Å². The van der Waals surface area contributed by atoms with Gasteiger partial charge in [-0.2, -0.15) is 0 Å². The highest BCUT2D eigenvalue weighted by Crippen LogP contribution is 2.20. The molecule has 0 fully saturated rings. The summed E-state index contributed by atoms with van der Waals surface area (Å²) in [5.74, 6) is 0.456. The minimum atomic E-state index is -0.519. The van der Waals surface area contributed by atoms with Gasteiger partial charge < -0.3 is 20.7 Å². The van der Waals surface area contributed by atoms with Gasteiger partial charge in [0.05, 0.1) is 11.7 Å². The summed E-state index contributed by atoms with van der Waals surface area (Å²) < 4.78 is 5.27. The first-order chi connectivity index (χ1) is 10.6. The van der Waals surface area contributed by atoms with E-state index < -0.39 is 11.7 Å². The van der Waals surface area contributed by atoms with E-state index in [2.05, 4.69) is 10.3 Å². The second-order valence-corrected chi connectivity index (χ2v) is 6.45. The molecule has 0 aliphatic carbocycles. The molecule has 0 saturated carbocycles. The average molecular weight is 320 g/mol. The van der Waals surface area contributed by atoms with Crippen molar-refractivity contribution in [2.75, 3.05) is 13.6 Å². The number of nitrogens with zero attached hydrogens (tertiary/aromatic N) is 2. The highest BCUT2D eigenvalue weighted by molar-refractivity contribution is 5.80. The van der Waals surface area contributed by atoms with Crippen LogP contribution in [-0.2, 0) is 4.74 Å². The molecule has 0 heterocycles. The van der Waals surface area contributed by atoms with Crippen molar-refractivity contribution in [1.82, 2.24) is 10.2 Å². The highest BCUT2D eigenvalue weighted by atomic mass is 16.6. The molecule has 0 radical (unpaired) electrons. The lowest BCUT2D eigenvalue weighted by molar-refractivity contribution is 0.0508. The number of guanidine groups is 1. The number of alkyl carbamates (subject to hydrolysis) is 1. The van der Waals surface area contributed by atoms with Gasteiger partial charge in [-0.3, -0.25) is 0 Å². The monoisotopic (exact) mass is 320 g/mol. The van der Waals surface area contributed by atoms with Crippen LogP contribution in [0.15, 0.2) is 29.3 Å². The Labute approximate surface area is 138 Å². The molecule has 0 saturated heterocycles. The molecule has 0 aromatic heterocycles. The molecule has 1 amide bonds. The van der Waals surface area contributed by atoms with Gasteiger partial charge in [0.25, 0.3) is 0 Å². The zero-order valence-corrected chi connectivity index (χ0v) is 14.9. The van der Waals surface area contributed by atoms with Crippen LogP contribution in [0.1, 0.15) is 46.2 Å². The first kappa shape index (κ1) is 18.8. The Morgan fingerprint density at radius 1 is 1.43 bits per heavy atom. The zero-order chi connectivity index (χ0) is 17.6. The van der Waals surface area contributed by atoms with Gasteiger partial charge >= 0.3 is 6.09 Å². The number of aliphatic imine (C=N–C) groups is 1. The molecule has 6 nitrogen and oxygen atoms in total. The van der Waals surface area contributed by atoms with E-state index >= 15 is 0 Å². The summed E-state index contributed by atoms with van der Waals surface area (Å²) in [6, 6.07) is 7.41. The van der Waals surface area contributed by atoms with Crippen LogP contribution in [0, 0.1) is 0 Å². The van der Waals surface area contributed by atoms with E-state index in [1.807, 2.05) is 70.8 Å². The third-order valence-electron chi connectivity index (χ3n) is 3.21. The summed E-state index contributed by atoms with van der Waals surface area (Å²) >= 11 is 0. The SMILES string of the molecule is CCN(C)C(N)=Nc1cccc(C(C)NC(=O)OC(C)(C)C)c1. The van der Waals surface area contributed by atoms with E-state index in [0.29, 0.717) is 5.96 Å². The van der Waals surface area contributed by atoms with Crippen LogP contribution >= 0.6 is 0 Å². The summed E-state index contributed by atoms with van der Waals surface area (Å²) in [6.45, 7) is 10.2. The van der Waals surface area contributed by atoms with Crippen LogP contribution in [0.2, 0.25) is 0 Å². The first-order valence-electron chi connectivity index (χ1n) is 7.77. The molecule has 6 heteroatoms. The molecule has 128 valence electrons. The Morgan fingerprint density at radius 3 is 2.65 bits per heavy atom. The van der Waals surface area contributed by atoms with Gasteiger partial charge in [0, 0.05) is 13.6 Å². The van der Waals surface area contributed by atoms with Crippen LogP contribution in [-0.4, -0.2) is 36.1 Å². The summed E-state index contributed by atoms with van der Waals surface area (Å²) in [6.07, 6.45) is -0.441. The molecule has 0 bridgehead atoms. The van der Waals surface area contributed by atoms with Crippen LogP contribution < -0.4 is 11.1 Å². The molecule has 1 rings (SSSR count). The van der Waals surface area contributed by atoms with Crippen LogP contribution in [0.5, 0.6) is 0 Å². The number of hydrogen-bond acceptors (Lipinski definition) is 3. The number of nitrogens with two attached hydrogens (primary N) is 1. The quantitative estimate of drug-likeness (QED) is 0.659. The minimum Gasteiger partial charge on any atom is -0.444 e. The van der Waals surface area contributed by atoms with E-state index in [9.17, 15) is 4.79 Å². The van der Waals surface area contributed by atoms with Crippen molar-refractivity contribution in [3.05, 3.63) is 29.8 Å². The maximum Gasteiger partial charge on any atom is 0.408 e. The van der Waals surface area contributed by atoms with Gasteiger partial charge in [-0.1, -0.05) is 12.1 Å². The van der Waals surface area contributed by atoms with Crippen molar-refractivity contribution in [2.45, 2.75) is 46.3 Å². The number of hydrogen-bond donors (Lipinski definition) is 2. The molecule has 1 unspecified atom stereocenters. The van der Waals surface area contributed by atoms with Crippen LogP contribution in [0.25, 0.3) is 0 Å². The normalized spacial score (nSPS) is 13.4. The Bertz CT molecular complexity index is 564. The number of nitrogens with one attached hydrogen (secondary N) is 1. The fourth-order valence-electron chi connectivity index (χ4n) is 1.81. The largest absolute Gasteiger partial charge is 0.444 e. The highest BCUT2D eigenvalue weighted by Gasteiger charge is 2.18. The van der Waals surface area contributed by atoms with Gasteiger partial charge in [0.2, 0.25) is 0 Å². The van der Waals surface area contributed by atoms with Crippen molar-refractivity contribution in [1.29, 1.82) is 0 Å². The predicted octanol–water partition coefficient (Wildman–Crippen LogP) is 3.17. The van der Waals surface area contributed by atoms with Crippen molar-refractivity contribution >= 4 is 17.7 Å². The minimum absolute atomic E-state index is 0.190. The lowest BCUT2D eigenvalue weighted by atomic mass is 10.1. The number of carbonyl (C=O) groups is 1. The van der Waals surface area contributed by atoms with E-state index in [-0.39, 0.29) is 6.04 Å². The Balaban J connectivity index is 2.82. The van der Waals surface area contributed by atoms with Crippen molar-refractivity contribution in [3.63, 3.8) is 0 Å². The Kier molecular flexibility index (Phi) is 6.42. The maximum atomic E-state index is 11.8. The van der Waals surface area contributed by atoms with E-state index in [1.165, 1.54) is 0 Å². The smallest absolute Gasteiger partial charge is 0.408 e. The van der Waals surface area contributed by atoms with Gasteiger partial charge in [0.15, 0.2) is 5.96 Å². The first-order valence-corrected chi connectivity index (χ1v) is 7.77. The molecule has 0 spiro atoms. The second kappa shape index (κ2) is 7.85. The molecule has 1 aromatic rings. The zero-order valence-electron chi connectivity index (χ0n) is 14.9. The van der Waals surface area contributed by atoms with Gasteiger partial charge in [-0.05, 0) is 52.3 Å². The van der Waals surface area contributed by atoms with E-state index in [4.69, 9.17) is 10.5 Å². The number of ether oxygens (including phenoxy) is 1. The number of benzene rings is 1. The van der Waals surface area contributed by atoms with E-state index in [0.717, 1.165) is 17.8 Å². The average Bonchev–Trinajstić information content (AvgIpc) is 2.44. The molecular weight excluding hydrogens is 292 g/mol. The predicted molar refractivity (Wildman–Crippen MR) is 93.8 cm³/mol. The van der Waals surface area contributed by atoms with Crippen LogP contribution in [0.3, 0.4) is 0 Å². The number of rotatable bonds is 4. The van der Waals surface area contributed by atoms with E-state index in [1.54, 1.807) is 0 Å². The van der Waals surface area contributed by atoms with Gasteiger partial charge in [-0.15, -0.1) is 0 Å². The molecule has 0 aliphatic rings. The summed E-state index contributed by atoms with van der Waals surface area (Å²) in [4.78, 5) is 18.1. The third kappa shape index (κ3) is 6.59. The van der Waals surface area contributed by atoms with Gasteiger partial charge in [0.1, 0.15) is 5.60 Å². The maximum absolute atomic E-state index is 11.8. The lowest BCUT2D eigenvalue weighted by Gasteiger charge is -2.22. The molecule has 1 atom stereocenters. The fraction of sp³-hybridized carbons (Fsp3) is 0.529. The summed E-state index contributed by atoms with van der Waals surface area (Å²) in [7, 11) is 1.88. The molecule has 3 N–H and O–H groups in total. The standard InChI is InChI=1S/C17H28N4O2/c1-7-21(6)15(18)20-14-10-8-9-13(11-14)12(2)19-16(22)23-17(3,4)5/h8-12H,7H2,1-6H3,(H2,18,20)(H,19,22). The molecule has 0 aliphatic heterocycles. The fourth-order valence-corrected chi connectivity index (χ4v) is 1.81. The number of amides is 1. The summed E-state index contributed by atoms with van der Waals surface area (Å²) in [5.41, 5.74) is 7.09. The lowest BCUT2D eigenvalue weighted by Crippen LogP contribution is -2.34. The van der Waals surface area contributed by atoms with Crippen molar-refractivity contribution in [3.8, 4) is 0 Å². The third-order valence-corrected chi connectivity index (χ3v) is 3.21. The molecular formula is C17H28N4O2.